The Morgan fingerprint density at radius 1 is 1.20 bits per heavy atom. The number of hydrogen-bond donors (Lipinski definition) is 1. The van der Waals surface area contributed by atoms with E-state index in [-0.39, 0.29) is 6.42 Å². The minimum atomic E-state index is -1.01. The summed E-state index contributed by atoms with van der Waals surface area (Å²) in [5.41, 5.74) is 1.66. The zero-order chi connectivity index (χ0) is 14.5. The Balaban J connectivity index is 2.19. The van der Waals surface area contributed by atoms with Crippen LogP contribution in [-0.2, 0) is 11.2 Å². The zero-order valence-electron chi connectivity index (χ0n) is 11.0. The van der Waals surface area contributed by atoms with E-state index in [1.165, 1.54) is 0 Å². The minimum Gasteiger partial charge on any atom is -0.478 e. The van der Waals surface area contributed by atoms with Gasteiger partial charge in [-0.25, -0.2) is 4.79 Å². The van der Waals surface area contributed by atoms with E-state index >= 15 is 0 Å². The molecule has 20 heavy (non-hydrogen) atoms. The SMILES string of the molecule is Cc1ccccc1O[C@@H](Cc1ccccc1Cl)C(=O)O. The van der Waals surface area contributed by atoms with E-state index in [4.69, 9.17) is 16.3 Å². The molecule has 2 rings (SSSR count). The molecule has 2 aromatic rings. The topological polar surface area (TPSA) is 46.5 Å². The number of carboxylic acids is 1. The molecular weight excluding hydrogens is 276 g/mol. The molecule has 0 aromatic heterocycles. The molecule has 1 N–H and O–H groups in total. The molecule has 0 unspecified atom stereocenters. The van der Waals surface area contributed by atoms with E-state index in [1.54, 1.807) is 18.2 Å². The summed E-state index contributed by atoms with van der Waals surface area (Å²) in [5.74, 6) is -0.430. The zero-order valence-corrected chi connectivity index (χ0v) is 11.8. The Bertz CT molecular complexity index is 563. The number of carbonyl (C=O) groups is 1. The molecule has 2 aromatic carbocycles. The first-order chi connectivity index (χ1) is 9.58. The van der Waals surface area contributed by atoms with E-state index in [0.29, 0.717) is 10.8 Å². The van der Waals surface area contributed by atoms with E-state index in [1.807, 2.05) is 37.3 Å². The van der Waals surface area contributed by atoms with Crippen LogP contribution in [-0.4, -0.2) is 17.2 Å². The van der Waals surface area contributed by atoms with Gasteiger partial charge >= 0.3 is 5.97 Å². The van der Waals surface area contributed by atoms with Gasteiger partial charge in [0.2, 0.25) is 0 Å². The Hall–Kier alpha value is -2.00. The summed E-state index contributed by atoms with van der Waals surface area (Å²) < 4.78 is 5.61. The van der Waals surface area contributed by atoms with Gasteiger partial charge in [-0.1, -0.05) is 48.0 Å². The van der Waals surface area contributed by atoms with Crippen LogP contribution in [0.3, 0.4) is 0 Å². The van der Waals surface area contributed by atoms with Crippen LogP contribution < -0.4 is 4.74 Å². The summed E-state index contributed by atoms with van der Waals surface area (Å²) in [6, 6.07) is 14.5. The van der Waals surface area contributed by atoms with Crippen molar-refractivity contribution in [3.8, 4) is 5.75 Å². The maximum absolute atomic E-state index is 11.4. The molecule has 1 atom stereocenters. The van der Waals surface area contributed by atoms with Crippen LogP contribution in [0.15, 0.2) is 48.5 Å². The largest absolute Gasteiger partial charge is 0.478 e. The highest BCUT2D eigenvalue weighted by atomic mass is 35.5. The van der Waals surface area contributed by atoms with E-state index in [2.05, 4.69) is 0 Å². The number of hydrogen-bond acceptors (Lipinski definition) is 2. The summed E-state index contributed by atoms with van der Waals surface area (Å²) >= 11 is 6.06. The third-order valence-corrected chi connectivity index (χ3v) is 3.37. The van der Waals surface area contributed by atoms with Gasteiger partial charge in [-0.05, 0) is 30.2 Å². The molecule has 0 radical (unpaired) electrons. The highest BCUT2D eigenvalue weighted by Crippen LogP contribution is 2.22. The van der Waals surface area contributed by atoms with Crippen LogP contribution in [0, 0.1) is 6.92 Å². The van der Waals surface area contributed by atoms with Crippen LogP contribution in [0.4, 0.5) is 0 Å². The van der Waals surface area contributed by atoms with Crippen LogP contribution in [0.2, 0.25) is 5.02 Å². The van der Waals surface area contributed by atoms with Crippen molar-refractivity contribution in [2.45, 2.75) is 19.4 Å². The summed E-state index contributed by atoms with van der Waals surface area (Å²) in [6.07, 6.45) is -0.737. The van der Waals surface area contributed by atoms with Crippen LogP contribution in [0.1, 0.15) is 11.1 Å². The molecule has 0 saturated heterocycles. The molecule has 0 saturated carbocycles. The smallest absolute Gasteiger partial charge is 0.345 e. The summed E-state index contributed by atoms with van der Waals surface area (Å²) in [7, 11) is 0. The Morgan fingerprint density at radius 2 is 1.85 bits per heavy atom. The highest BCUT2D eigenvalue weighted by molar-refractivity contribution is 6.31. The van der Waals surface area contributed by atoms with E-state index < -0.39 is 12.1 Å². The Kier molecular flexibility index (Phi) is 4.64. The second-order valence-electron chi connectivity index (χ2n) is 4.51. The standard InChI is InChI=1S/C16H15ClO3/c1-11-6-2-5-9-14(11)20-15(16(18)19)10-12-7-3-4-8-13(12)17/h2-9,15H,10H2,1H3,(H,18,19)/t15-/m0/s1. The molecule has 0 fully saturated rings. The molecule has 4 heteroatoms. The van der Waals surface area contributed by atoms with Crippen molar-refractivity contribution in [3.05, 3.63) is 64.7 Å². The number of halogens is 1. The van der Waals surface area contributed by atoms with Crippen molar-refractivity contribution >= 4 is 17.6 Å². The fourth-order valence-corrected chi connectivity index (χ4v) is 2.10. The van der Waals surface area contributed by atoms with E-state index in [0.717, 1.165) is 11.1 Å². The number of para-hydroxylation sites is 1. The van der Waals surface area contributed by atoms with Gasteiger partial charge in [-0.3, -0.25) is 0 Å². The third kappa shape index (κ3) is 3.52. The second-order valence-corrected chi connectivity index (χ2v) is 4.91. The number of aliphatic carboxylic acids is 1. The van der Waals surface area contributed by atoms with Gasteiger partial charge in [-0.15, -0.1) is 0 Å². The normalized spacial score (nSPS) is 11.9. The molecule has 0 bridgehead atoms. The number of aryl methyl sites for hydroxylation is 1. The van der Waals surface area contributed by atoms with Gasteiger partial charge in [-0.2, -0.15) is 0 Å². The molecular formula is C16H15ClO3. The lowest BCUT2D eigenvalue weighted by Gasteiger charge is -2.17. The summed E-state index contributed by atoms with van der Waals surface area (Å²) in [6.45, 7) is 1.88. The van der Waals surface area contributed by atoms with Crippen molar-refractivity contribution in [2.24, 2.45) is 0 Å². The van der Waals surface area contributed by atoms with Crippen molar-refractivity contribution in [1.29, 1.82) is 0 Å². The van der Waals surface area contributed by atoms with Crippen LogP contribution in [0.25, 0.3) is 0 Å². The number of ether oxygens (including phenoxy) is 1. The maximum atomic E-state index is 11.4. The quantitative estimate of drug-likeness (QED) is 0.913. The Morgan fingerprint density at radius 3 is 2.50 bits per heavy atom. The van der Waals surface area contributed by atoms with Gasteiger partial charge in [0.05, 0.1) is 0 Å². The first-order valence-electron chi connectivity index (χ1n) is 6.26. The van der Waals surface area contributed by atoms with Crippen molar-refractivity contribution in [2.75, 3.05) is 0 Å². The van der Waals surface area contributed by atoms with Crippen molar-refractivity contribution in [1.82, 2.24) is 0 Å². The minimum absolute atomic E-state index is 0.226. The average molecular weight is 291 g/mol. The van der Waals surface area contributed by atoms with Gasteiger partial charge in [0.15, 0.2) is 6.10 Å². The third-order valence-electron chi connectivity index (χ3n) is 3.00. The lowest BCUT2D eigenvalue weighted by atomic mass is 10.1. The number of rotatable bonds is 5. The monoisotopic (exact) mass is 290 g/mol. The predicted molar refractivity (Wildman–Crippen MR) is 78.4 cm³/mol. The molecule has 0 heterocycles. The highest BCUT2D eigenvalue weighted by Gasteiger charge is 2.21. The summed E-state index contributed by atoms with van der Waals surface area (Å²) in [4.78, 5) is 11.4. The predicted octanol–water partition coefficient (Wildman–Crippen LogP) is 3.72. The fourth-order valence-electron chi connectivity index (χ4n) is 1.88. The number of carboxylic acid groups (broad SMARTS) is 1. The Labute approximate surface area is 122 Å². The first-order valence-corrected chi connectivity index (χ1v) is 6.64. The lowest BCUT2D eigenvalue weighted by molar-refractivity contribution is -0.145. The first kappa shape index (κ1) is 14.4. The fraction of sp³-hybridized carbons (Fsp3) is 0.188. The van der Waals surface area contributed by atoms with Crippen molar-refractivity contribution in [3.63, 3.8) is 0 Å². The van der Waals surface area contributed by atoms with E-state index in [9.17, 15) is 9.90 Å². The van der Waals surface area contributed by atoms with Crippen molar-refractivity contribution < 1.29 is 14.6 Å². The number of benzene rings is 2. The second kappa shape index (κ2) is 6.44. The van der Waals surface area contributed by atoms with Crippen LogP contribution in [0.5, 0.6) is 5.75 Å². The van der Waals surface area contributed by atoms with Gasteiger partial charge in [0, 0.05) is 11.4 Å². The molecule has 0 amide bonds. The molecule has 0 aliphatic heterocycles. The molecule has 3 nitrogen and oxygen atoms in total. The van der Waals surface area contributed by atoms with Crippen LogP contribution >= 0.6 is 11.6 Å². The molecule has 0 aliphatic rings. The lowest BCUT2D eigenvalue weighted by Crippen LogP contribution is -2.29. The van der Waals surface area contributed by atoms with Gasteiger partial charge in [0.25, 0.3) is 0 Å². The molecule has 0 aliphatic carbocycles. The maximum Gasteiger partial charge on any atom is 0.345 e. The molecule has 0 spiro atoms. The van der Waals surface area contributed by atoms with Gasteiger partial charge < -0.3 is 9.84 Å². The van der Waals surface area contributed by atoms with Gasteiger partial charge in [0.1, 0.15) is 5.75 Å². The molecule has 104 valence electrons. The average Bonchev–Trinajstić information content (AvgIpc) is 2.42. The summed E-state index contributed by atoms with van der Waals surface area (Å²) in [5, 5.41) is 9.86.